The van der Waals surface area contributed by atoms with Gasteiger partial charge in [0.2, 0.25) is 17.7 Å². The van der Waals surface area contributed by atoms with Crippen LogP contribution in [-0.4, -0.2) is 42.9 Å². The fourth-order valence-electron chi connectivity index (χ4n) is 2.68. The Morgan fingerprint density at radius 3 is 2.60 bits per heavy atom. The van der Waals surface area contributed by atoms with Crippen LogP contribution in [0, 0.1) is 5.92 Å². The number of rotatable bonds is 11. The van der Waals surface area contributed by atoms with Gasteiger partial charge in [-0.2, -0.15) is 0 Å². The van der Waals surface area contributed by atoms with Crippen LogP contribution < -0.4 is 20.3 Å². The molecule has 0 aliphatic carbocycles. The number of ether oxygens (including phenoxy) is 1. The minimum absolute atomic E-state index is 0.0149. The minimum atomic E-state index is -0.340. The van der Waals surface area contributed by atoms with Gasteiger partial charge in [-0.05, 0) is 24.5 Å². The summed E-state index contributed by atoms with van der Waals surface area (Å²) in [6.45, 7) is 4.55. The van der Waals surface area contributed by atoms with Crippen molar-refractivity contribution in [1.82, 2.24) is 10.3 Å². The van der Waals surface area contributed by atoms with Gasteiger partial charge in [0, 0.05) is 31.0 Å². The number of amides is 3. The standard InChI is InChI=1S/C21H28N4O4S/c1-15(2)10-11-22-19(27)14-25(16-6-4-5-7-17(16)29-3)20(28)9-8-18(26)24-21-23-12-13-30-21/h4-7,12-13,15H,8-11,14H2,1-3H3,(H,22,27)(H,23,24,26). The van der Waals surface area contributed by atoms with Crippen LogP contribution in [0.4, 0.5) is 10.8 Å². The summed E-state index contributed by atoms with van der Waals surface area (Å²) in [5.74, 6) is 0.0382. The van der Waals surface area contributed by atoms with Gasteiger partial charge in [-0.15, -0.1) is 11.3 Å². The number of thiazole rings is 1. The molecule has 0 saturated carbocycles. The van der Waals surface area contributed by atoms with Gasteiger partial charge >= 0.3 is 0 Å². The number of nitrogens with zero attached hydrogens (tertiary/aromatic N) is 2. The van der Waals surface area contributed by atoms with Gasteiger partial charge in [-0.1, -0.05) is 26.0 Å². The van der Waals surface area contributed by atoms with Crippen LogP contribution in [0.5, 0.6) is 5.75 Å². The third kappa shape index (κ3) is 7.47. The van der Waals surface area contributed by atoms with E-state index in [0.717, 1.165) is 6.42 Å². The molecule has 0 spiro atoms. The Bertz CT molecular complexity index is 839. The predicted octanol–water partition coefficient (Wildman–Crippen LogP) is 3.07. The quantitative estimate of drug-likeness (QED) is 0.568. The third-order valence-corrected chi connectivity index (χ3v) is 4.96. The van der Waals surface area contributed by atoms with E-state index in [2.05, 4.69) is 29.5 Å². The molecule has 3 amide bonds. The zero-order valence-corrected chi connectivity index (χ0v) is 18.3. The van der Waals surface area contributed by atoms with Gasteiger partial charge in [0.15, 0.2) is 5.13 Å². The lowest BCUT2D eigenvalue weighted by molar-refractivity contribution is -0.125. The smallest absolute Gasteiger partial charge is 0.240 e. The van der Waals surface area contributed by atoms with E-state index in [1.165, 1.54) is 23.3 Å². The van der Waals surface area contributed by atoms with E-state index in [1.807, 2.05) is 0 Å². The second kappa shape index (κ2) is 11.9. The Balaban J connectivity index is 2.05. The first-order chi connectivity index (χ1) is 14.4. The number of aromatic nitrogens is 1. The Kier molecular flexibility index (Phi) is 9.27. The molecule has 0 saturated heterocycles. The predicted molar refractivity (Wildman–Crippen MR) is 118 cm³/mol. The van der Waals surface area contributed by atoms with Crippen molar-refractivity contribution in [3.63, 3.8) is 0 Å². The van der Waals surface area contributed by atoms with E-state index in [4.69, 9.17) is 4.74 Å². The van der Waals surface area contributed by atoms with Gasteiger partial charge in [0.25, 0.3) is 0 Å². The molecule has 0 atom stereocenters. The molecule has 8 nitrogen and oxygen atoms in total. The number of nitrogens with one attached hydrogen (secondary N) is 2. The summed E-state index contributed by atoms with van der Waals surface area (Å²) < 4.78 is 5.35. The second-order valence-electron chi connectivity index (χ2n) is 7.07. The first kappa shape index (κ1) is 23.3. The van der Waals surface area contributed by atoms with Crippen LogP contribution in [0.3, 0.4) is 0 Å². The van der Waals surface area contributed by atoms with Crippen molar-refractivity contribution in [2.24, 2.45) is 5.92 Å². The van der Waals surface area contributed by atoms with Crippen LogP contribution in [-0.2, 0) is 14.4 Å². The summed E-state index contributed by atoms with van der Waals surface area (Å²) >= 11 is 1.30. The maximum atomic E-state index is 12.9. The summed E-state index contributed by atoms with van der Waals surface area (Å²) in [5, 5.41) is 7.73. The van der Waals surface area contributed by atoms with Crippen molar-refractivity contribution < 1.29 is 19.1 Å². The van der Waals surface area contributed by atoms with Gasteiger partial charge < -0.3 is 15.4 Å². The molecule has 0 unspecified atom stereocenters. The molecule has 1 aromatic carbocycles. The van der Waals surface area contributed by atoms with Crippen LogP contribution in [0.15, 0.2) is 35.8 Å². The number of hydrogen-bond acceptors (Lipinski definition) is 6. The third-order valence-electron chi connectivity index (χ3n) is 4.27. The zero-order valence-electron chi connectivity index (χ0n) is 17.5. The summed E-state index contributed by atoms with van der Waals surface area (Å²) in [5.41, 5.74) is 0.490. The monoisotopic (exact) mass is 432 g/mol. The molecule has 9 heteroatoms. The molecule has 2 aromatic rings. The molecule has 0 aliphatic rings. The Hall–Kier alpha value is -2.94. The fraction of sp³-hybridized carbons (Fsp3) is 0.429. The Morgan fingerprint density at radius 1 is 1.17 bits per heavy atom. The molecule has 2 rings (SSSR count). The van der Waals surface area contributed by atoms with Crippen LogP contribution in [0.2, 0.25) is 0 Å². The van der Waals surface area contributed by atoms with Gasteiger partial charge in [-0.25, -0.2) is 4.98 Å². The number of para-hydroxylation sites is 2. The summed E-state index contributed by atoms with van der Waals surface area (Å²) in [6.07, 6.45) is 2.38. The van der Waals surface area contributed by atoms with Crippen molar-refractivity contribution in [2.45, 2.75) is 33.1 Å². The SMILES string of the molecule is COc1ccccc1N(CC(=O)NCCC(C)C)C(=O)CCC(=O)Nc1nccs1. The lowest BCUT2D eigenvalue weighted by Gasteiger charge is -2.24. The highest BCUT2D eigenvalue weighted by Gasteiger charge is 2.22. The molecule has 0 aliphatic heterocycles. The fourth-order valence-corrected chi connectivity index (χ4v) is 3.23. The van der Waals surface area contributed by atoms with E-state index in [-0.39, 0.29) is 37.1 Å². The second-order valence-corrected chi connectivity index (χ2v) is 7.96. The van der Waals surface area contributed by atoms with Crippen LogP contribution in [0.25, 0.3) is 0 Å². The van der Waals surface area contributed by atoms with Crippen LogP contribution >= 0.6 is 11.3 Å². The van der Waals surface area contributed by atoms with E-state index >= 15 is 0 Å². The molecule has 0 radical (unpaired) electrons. The van der Waals surface area contributed by atoms with Crippen LogP contribution in [0.1, 0.15) is 33.1 Å². The van der Waals surface area contributed by atoms with Gasteiger partial charge in [-0.3, -0.25) is 19.3 Å². The maximum Gasteiger partial charge on any atom is 0.240 e. The highest BCUT2D eigenvalue weighted by molar-refractivity contribution is 7.13. The molecule has 1 heterocycles. The highest BCUT2D eigenvalue weighted by atomic mass is 32.1. The van der Waals surface area contributed by atoms with Gasteiger partial charge in [0.1, 0.15) is 12.3 Å². The number of hydrogen-bond donors (Lipinski definition) is 2. The minimum Gasteiger partial charge on any atom is -0.495 e. The lowest BCUT2D eigenvalue weighted by atomic mass is 10.1. The highest BCUT2D eigenvalue weighted by Crippen LogP contribution is 2.28. The largest absolute Gasteiger partial charge is 0.495 e. The number of benzene rings is 1. The van der Waals surface area contributed by atoms with Crippen molar-refractivity contribution >= 4 is 39.9 Å². The lowest BCUT2D eigenvalue weighted by Crippen LogP contribution is -2.41. The average molecular weight is 433 g/mol. The van der Waals surface area contributed by atoms with E-state index in [9.17, 15) is 14.4 Å². The van der Waals surface area contributed by atoms with Gasteiger partial charge in [0.05, 0.1) is 12.8 Å². The van der Waals surface area contributed by atoms with E-state index in [1.54, 1.807) is 35.8 Å². The normalized spacial score (nSPS) is 10.5. The molecular weight excluding hydrogens is 404 g/mol. The summed E-state index contributed by atoms with van der Waals surface area (Å²) in [6, 6.07) is 6.99. The number of anilines is 2. The number of methoxy groups -OCH3 is 1. The molecule has 162 valence electrons. The first-order valence-electron chi connectivity index (χ1n) is 9.80. The van der Waals surface area contributed by atoms with Crippen molar-refractivity contribution in [3.05, 3.63) is 35.8 Å². The zero-order chi connectivity index (χ0) is 21.9. The summed E-state index contributed by atoms with van der Waals surface area (Å²) in [7, 11) is 1.51. The molecule has 0 bridgehead atoms. The van der Waals surface area contributed by atoms with Crippen molar-refractivity contribution in [2.75, 3.05) is 30.4 Å². The van der Waals surface area contributed by atoms with Crippen molar-refractivity contribution in [3.8, 4) is 5.75 Å². The first-order valence-corrected chi connectivity index (χ1v) is 10.7. The average Bonchev–Trinajstić information content (AvgIpc) is 3.23. The van der Waals surface area contributed by atoms with E-state index < -0.39 is 0 Å². The van der Waals surface area contributed by atoms with Crippen molar-refractivity contribution in [1.29, 1.82) is 0 Å². The maximum absolute atomic E-state index is 12.9. The molecule has 30 heavy (non-hydrogen) atoms. The molecule has 1 aromatic heterocycles. The molecule has 0 fully saturated rings. The number of carbonyl (C=O) groups excluding carboxylic acids is 3. The summed E-state index contributed by atoms with van der Waals surface area (Å²) in [4.78, 5) is 42.8. The molecule has 2 N–H and O–H groups in total. The number of carbonyl (C=O) groups is 3. The Morgan fingerprint density at radius 2 is 1.93 bits per heavy atom. The van der Waals surface area contributed by atoms with E-state index in [0.29, 0.717) is 29.0 Å². The Labute approximate surface area is 180 Å². The molecular formula is C21H28N4O4S. The topological polar surface area (TPSA) is 101 Å².